The normalized spacial score (nSPS) is 20.4. The first-order chi connectivity index (χ1) is 25.0. The van der Waals surface area contributed by atoms with Gasteiger partial charge in [0.1, 0.15) is 12.1 Å². The maximum Gasteiger partial charge on any atom is 0.407 e. The molecule has 0 radical (unpaired) electrons. The van der Waals surface area contributed by atoms with E-state index in [4.69, 9.17) is 14.5 Å². The number of H-pyrrole nitrogens is 1. The Kier molecular flexibility index (Phi) is 11.1. The predicted molar refractivity (Wildman–Crippen MR) is 199 cm³/mol. The van der Waals surface area contributed by atoms with Gasteiger partial charge in [-0.15, -0.1) is 0 Å². The fourth-order valence-corrected chi connectivity index (χ4v) is 7.31. The molecule has 3 N–H and O–H groups in total. The van der Waals surface area contributed by atoms with E-state index in [0.717, 1.165) is 64.7 Å². The van der Waals surface area contributed by atoms with Gasteiger partial charge in [-0.05, 0) is 72.9 Å². The number of methoxy groups -OCH3 is 2. The van der Waals surface area contributed by atoms with Gasteiger partial charge in [0.25, 0.3) is 0 Å². The molecule has 4 heterocycles. The molecule has 0 saturated carbocycles. The Hall–Kier alpha value is -5.04. The lowest BCUT2D eigenvalue weighted by molar-refractivity contribution is -0.141. The molecule has 3 aliphatic heterocycles. The van der Waals surface area contributed by atoms with Crippen LogP contribution in [0.4, 0.5) is 10.6 Å². The second-order valence-electron chi connectivity index (χ2n) is 14.3. The van der Waals surface area contributed by atoms with Gasteiger partial charge in [0.15, 0.2) is 5.82 Å². The number of alkyl carbamates (subject to hydrolysis) is 1. The van der Waals surface area contributed by atoms with Crippen LogP contribution >= 0.6 is 0 Å². The Morgan fingerprint density at radius 3 is 2.29 bits per heavy atom. The summed E-state index contributed by atoms with van der Waals surface area (Å²) in [6, 6.07) is 12.6. The number of carbonyl (C=O) groups is 4. The molecule has 3 aliphatic rings. The van der Waals surface area contributed by atoms with Crippen molar-refractivity contribution >= 4 is 51.8 Å². The molecular formula is C39H49N7O6. The highest BCUT2D eigenvalue weighted by molar-refractivity contribution is 6.05. The molecule has 52 heavy (non-hydrogen) atoms. The molecule has 0 unspecified atom stereocenters. The van der Waals surface area contributed by atoms with Crippen LogP contribution in [0.1, 0.15) is 65.4 Å². The minimum atomic E-state index is -1.01. The number of anilines is 1. The molecule has 4 amide bonds. The monoisotopic (exact) mass is 711 g/mol. The second kappa shape index (κ2) is 15.7. The molecule has 2 fully saturated rings. The summed E-state index contributed by atoms with van der Waals surface area (Å²) in [5.41, 5.74) is 6.09. The smallest absolute Gasteiger partial charge is 0.407 e. The van der Waals surface area contributed by atoms with Crippen molar-refractivity contribution in [2.24, 2.45) is 16.8 Å². The molecule has 0 spiro atoms. The molecule has 276 valence electrons. The van der Waals surface area contributed by atoms with Crippen LogP contribution in [0, 0.1) is 11.8 Å². The van der Waals surface area contributed by atoms with Gasteiger partial charge in [-0.3, -0.25) is 24.5 Å². The van der Waals surface area contributed by atoms with Crippen LogP contribution in [0.25, 0.3) is 27.6 Å². The van der Waals surface area contributed by atoms with Crippen LogP contribution < -0.4 is 10.6 Å². The number of likely N-dealkylation sites (tertiary alicyclic amines) is 2. The van der Waals surface area contributed by atoms with Crippen LogP contribution in [0.5, 0.6) is 0 Å². The third-order valence-electron chi connectivity index (χ3n) is 10.9. The van der Waals surface area contributed by atoms with Gasteiger partial charge in [-0.25, -0.2) is 4.79 Å². The van der Waals surface area contributed by atoms with Crippen molar-refractivity contribution < 1.29 is 28.7 Å². The summed E-state index contributed by atoms with van der Waals surface area (Å²) in [5.74, 6) is 0.135. The summed E-state index contributed by atoms with van der Waals surface area (Å²) in [6.45, 7) is 9.06. The van der Waals surface area contributed by atoms with Crippen LogP contribution in [-0.2, 0) is 23.9 Å². The van der Waals surface area contributed by atoms with Crippen molar-refractivity contribution in [3.63, 3.8) is 0 Å². The van der Waals surface area contributed by atoms with E-state index in [-0.39, 0.29) is 23.8 Å². The number of benzene rings is 2. The van der Waals surface area contributed by atoms with E-state index in [1.165, 1.54) is 19.1 Å². The molecule has 5 atom stereocenters. The summed E-state index contributed by atoms with van der Waals surface area (Å²) < 4.78 is 10.0. The van der Waals surface area contributed by atoms with Gasteiger partial charge in [0, 0.05) is 49.8 Å². The van der Waals surface area contributed by atoms with Crippen LogP contribution in [0.2, 0.25) is 0 Å². The summed E-state index contributed by atoms with van der Waals surface area (Å²) in [7, 11) is 2.67. The van der Waals surface area contributed by atoms with Crippen molar-refractivity contribution in [3.05, 3.63) is 54.2 Å². The molecule has 0 aliphatic carbocycles. The van der Waals surface area contributed by atoms with E-state index < -0.39 is 30.2 Å². The highest BCUT2D eigenvalue weighted by atomic mass is 16.5. The summed E-state index contributed by atoms with van der Waals surface area (Å²) in [4.78, 5) is 60.4. The molecule has 13 heteroatoms. The zero-order valence-corrected chi connectivity index (χ0v) is 30.8. The standard InChI is InChI=1S/C39H49N7O6/c1-22(2)23(3)37(48)45-17-7-9-32(45)31-20-28(21-40-31)26-13-11-25(12-14-26)27-15-16-29-30(19-27)43-44-35(29)42-36(47)33-10-8-18-46(33)38(49)34(24(4)51-5)41-39(50)52-6/h11-16,19,21-24,32-34H,7-10,17-18,20H2,1-6H3,(H,41,50)(H2,42,43,44,47)/t23-,24+,32-,33-,34-/m0/s1. The Labute approximate surface area is 304 Å². The first-order valence-electron chi connectivity index (χ1n) is 18.1. The van der Waals surface area contributed by atoms with Crippen molar-refractivity contribution in [1.82, 2.24) is 25.3 Å². The first kappa shape index (κ1) is 36.7. The lowest BCUT2D eigenvalue weighted by atomic mass is 9.94. The molecule has 6 rings (SSSR count). The van der Waals surface area contributed by atoms with E-state index in [9.17, 15) is 19.2 Å². The van der Waals surface area contributed by atoms with Gasteiger partial charge in [0.05, 0.1) is 24.8 Å². The van der Waals surface area contributed by atoms with Crippen molar-refractivity contribution in [2.75, 3.05) is 32.6 Å². The number of hydrogen-bond acceptors (Lipinski definition) is 8. The largest absolute Gasteiger partial charge is 0.453 e. The Morgan fingerprint density at radius 2 is 1.58 bits per heavy atom. The van der Waals surface area contributed by atoms with Crippen LogP contribution in [0.15, 0.2) is 53.7 Å². The number of fused-ring (bicyclic) bond motifs is 1. The highest BCUT2D eigenvalue weighted by Crippen LogP contribution is 2.33. The number of hydrogen-bond donors (Lipinski definition) is 3. The number of ether oxygens (including phenoxy) is 2. The summed E-state index contributed by atoms with van der Waals surface area (Å²) in [6.07, 6.45) is 4.38. The zero-order valence-electron chi connectivity index (χ0n) is 30.8. The molecule has 2 aromatic carbocycles. The zero-order chi connectivity index (χ0) is 37.1. The minimum Gasteiger partial charge on any atom is -0.453 e. The molecule has 2 saturated heterocycles. The van der Waals surface area contributed by atoms with Crippen LogP contribution in [-0.4, -0.2) is 101 Å². The maximum atomic E-state index is 13.5. The number of nitrogens with one attached hydrogen (secondary N) is 3. The number of aromatic amines is 1. The highest BCUT2D eigenvalue weighted by Gasteiger charge is 2.40. The number of rotatable bonds is 11. The SMILES string of the molecule is COC(=O)N[C@H](C(=O)N1CCC[C@H]1C(=O)Nc1n[nH]c2cc(-c3ccc(C4=CN=C([C@@H]5CCCN5C(=O)[C@@H](C)C(C)C)C4)cc3)ccc12)[C@@H](C)OC. The van der Waals surface area contributed by atoms with Gasteiger partial charge >= 0.3 is 6.09 Å². The number of carbonyl (C=O) groups excluding carboxylic acids is 4. The van der Waals surface area contributed by atoms with E-state index in [1.807, 2.05) is 36.2 Å². The summed E-state index contributed by atoms with van der Waals surface area (Å²) >= 11 is 0. The molecule has 0 bridgehead atoms. The van der Waals surface area contributed by atoms with E-state index >= 15 is 0 Å². The second-order valence-corrected chi connectivity index (χ2v) is 14.3. The third-order valence-corrected chi connectivity index (χ3v) is 10.9. The Balaban J connectivity index is 1.09. The molecule has 13 nitrogen and oxygen atoms in total. The van der Waals surface area contributed by atoms with Gasteiger partial charge in [-0.1, -0.05) is 51.1 Å². The van der Waals surface area contributed by atoms with Crippen molar-refractivity contribution in [1.29, 1.82) is 0 Å². The lowest BCUT2D eigenvalue weighted by Gasteiger charge is -2.30. The number of aromatic nitrogens is 2. The lowest BCUT2D eigenvalue weighted by Crippen LogP contribution is -2.56. The van der Waals surface area contributed by atoms with Gasteiger partial charge < -0.3 is 29.9 Å². The number of aliphatic imine (C=N–C) groups is 1. The Bertz CT molecular complexity index is 1880. The topological polar surface area (TPSA) is 158 Å². The fraction of sp³-hybridized carbons (Fsp3) is 0.487. The van der Waals surface area contributed by atoms with Gasteiger partial charge in [-0.2, -0.15) is 5.10 Å². The van der Waals surface area contributed by atoms with E-state index in [0.29, 0.717) is 31.1 Å². The maximum absolute atomic E-state index is 13.5. The van der Waals surface area contributed by atoms with E-state index in [1.54, 1.807) is 6.92 Å². The number of nitrogens with zero attached hydrogens (tertiary/aromatic N) is 4. The van der Waals surface area contributed by atoms with Crippen molar-refractivity contribution in [2.45, 2.75) is 84.0 Å². The van der Waals surface area contributed by atoms with Gasteiger partial charge in [0.2, 0.25) is 17.7 Å². The fourth-order valence-electron chi connectivity index (χ4n) is 7.31. The van der Waals surface area contributed by atoms with Crippen molar-refractivity contribution in [3.8, 4) is 11.1 Å². The molecular weight excluding hydrogens is 662 g/mol. The quantitative estimate of drug-likeness (QED) is 0.241. The molecule has 1 aromatic heterocycles. The average Bonchev–Trinajstić information content (AvgIpc) is 3.99. The minimum absolute atomic E-state index is 0.00283. The molecule has 3 aromatic rings. The third kappa shape index (κ3) is 7.45. The Morgan fingerprint density at radius 1 is 0.885 bits per heavy atom. The number of allylic oxidation sites excluding steroid dienone is 1. The first-order valence-corrected chi connectivity index (χ1v) is 18.1. The number of amides is 4. The van der Waals surface area contributed by atoms with Crippen LogP contribution in [0.3, 0.4) is 0 Å². The van der Waals surface area contributed by atoms with E-state index in [2.05, 4.69) is 58.9 Å². The summed E-state index contributed by atoms with van der Waals surface area (Å²) in [5, 5.41) is 13.6. The average molecular weight is 712 g/mol. The predicted octanol–water partition coefficient (Wildman–Crippen LogP) is 5.39.